The van der Waals surface area contributed by atoms with Gasteiger partial charge in [0.05, 0.1) is 11.1 Å². The van der Waals surface area contributed by atoms with Gasteiger partial charge in [0.15, 0.2) is 0 Å². The molecule has 0 saturated carbocycles. The van der Waals surface area contributed by atoms with Crippen molar-refractivity contribution in [3.8, 4) is 0 Å². The van der Waals surface area contributed by atoms with Crippen molar-refractivity contribution in [2.75, 3.05) is 13.2 Å². The molecule has 1 fully saturated rings. The van der Waals surface area contributed by atoms with Crippen LogP contribution in [0.15, 0.2) is 22.9 Å². The Morgan fingerprint density at radius 2 is 2.21 bits per heavy atom. The third kappa shape index (κ3) is 2.26. The van der Waals surface area contributed by atoms with Gasteiger partial charge in [-0.05, 0) is 40.9 Å². The molecule has 1 aliphatic heterocycles. The number of hydrogen-bond acceptors (Lipinski definition) is 3. The highest BCUT2D eigenvalue weighted by Gasteiger charge is 2.22. The van der Waals surface area contributed by atoms with E-state index in [0.29, 0.717) is 10.5 Å². The third-order valence-corrected chi connectivity index (χ3v) is 4.04. The van der Waals surface area contributed by atoms with Gasteiger partial charge in [-0.3, -0.25) is 0 Å². The van der Waals surface area contributed by atoms with Crippen LogP contribution in [0.25, 0.3) is 5.52 Å². The van der Waals surface area contributed by atoms with Crippen molar-refractivity contribution in [1.82, 2.24) is 9.38 Å². The summed E-state index contributed by atoms with van der Waals surface area (Å²) in [5.41, 5.74) is 1.06. The van der Waals surface area contributed by atoms with Crippen LogP contribution >= 0.6 is 15.9 Å². The number of carboxylic acid groups (broad SMARTS) is 1. The van der Waals surface area contributed by atoms with E-state index in [2.05, 4.69) is 20.9 Å². The number of ether oxygens (including phenoxy) is 1. The summed E-state index contributed by atoms with van der Waals surface area (Å²) in [6, 6.07) is 3.24. The van der Waals surface area contributed by atoms with Gasteiger partial charge < -0.3 is 14.2 Å². The molecule has 0 unspecified atom stereocenters. The first-order valence-electron chi connectivity index (χ1n) is 6.15. The quantitative estimate of drug-likeness (QED) is 0.922. The summed E-state index contributed by atoms with van der Waals surface area (Å²) in [6.45, 7) is 1.51. The monoisotopic (exact) mass is 324 g/mol. The van der Waals surface area contributed by atoms with E-state index in [1.54, 1.807) is 18.3 Å². The van der Waals surface area contributed by atoms with Crippen molar-refractivity contribution in [3.05, 3.63) is 34.3 Å². The lowest BCUT2D eigenvalue weighted by atomic mass is 9.99. The molecule has 1 N–H and O–H groups in total. The van der Waals surface area contributed by atoms with Crippen molar-refractivity contribution in [2.45, 2.75) is 18.8 Å². The van der Waals surface area contributed by atoms with E-state index in [1.165, 1.54) is 0 Å². The summed E-state index contributed by atoms with van der Waals surface area (Å²) in [5, 5.41) is 9.03. The van der Waals surface area contributed by atoms with Crippen molar-refractivity contribution in [1.29, 1.82) is 0 Å². The first kappa shape index (κ1) is 12.6. The largest absolute Gasteiger partial charge is 0.478 e. The number of fused-ring (bicyclic) bond motifs is 1. The summed E-state index contributed by atoms with van der Waals surface area (Å²) in [7, 11) is 0. The number of aromatic nitrogens is 2. The molecule has 0 bridgehead atoms. The molecule has 0 aromatic carbocycles. The highest BCUT2D eigenvalue weighted by Crippen LogP contribution is 2.30. The average Bonchev–Trinajstić information content (AvgIpc) is 2.77. The Morgan fingerprint density at radius 1 is 1.47 bits per heavy atom. The fourth-order valence-electron chi connectivity index (χ4n) is 2.45. The maximum atomic E-state index is 11.0. The van der Waals surface area contributed by atoms with Gasteiger partial charge >= 0.3 is 5.97 Å². The molecule has 0 atom stereocenters. The lowest BCUT2D eigenvalue weighted by molar-refractivity contribution is 0.0697. The van der Waals surface area contributed by atoms with Crippen LogP contribution in [-0.4, -0.2) is 33.7 Å². The van der Waals surface area contributed by atoms with Crippen LogP contribution in [0.1, 0.15) is 34.9 Å². The number of halogens is 1. The first-order chi connectivity index (χ1) is 9.16. The second kappa shape index (κ2) is 4.94. The predicted octanol–water partition coefficient (Wildman–Crippen LogP) is 2.69. The minimum Gasteiger partial charge on any atom is -0.478 e. The Labute approximate surface area is 118 Å². The number of hydrogen-bond donors (Lipinski definition) is 1. The minimum atomic E-state index is -0.928. The Bertz CT molecular complexity index is 632. The summed E-state index contributed by atoms with van der Waals surface area (Å²) >= 11 is 3.41. The molecular weight excluding hydrogens is 312 g/mol. The second-order valence-electron chi connectivity index (χ2n) is 4.62. The van der Waals surface area contributed by atoms with Gasteiger partial charge in [-0.1, -0.05) is 0 Å². The molecule has 19 heavy (non-hydrogen) atoms. The standard InChI is InChI=1S/C13H13BrN2O3/c14-11-10-7-9(13(17)18)1-4-16(10)12(15-11)8-2-5-19-6-3-8/h1,4,7-8H,2-3,5-6H2,(H,17,18). The highest BCUT2D eigenvalue weighted by molar-refractivity contribution is 9.10. The van der Waals surface area contributed by atoms with Crippen LogP contribution in [0.5, 0.6) is 0 Å². The Balaban J connectivity index is 2.08. The van der Waals surface area contributed by atoms with E-state index in [9.17, 15) is 4.79 Å². The van der Waals surface area contributed by atoms with E-state index >= 15 is 0 Å². The zero-order chi connectivity index (χ0) is 13.4. The lowest BCUT2D eigenvalue weighted by Crippen LogP contribution is -2.16. The van der Waals surface area contributed by atoms with E-state index in [-0.39, 0.29) is 5.56 Å². The van der Waals surface area contributed by atoms with Crippen LogP contribution < -0.4 is 0 Å². The molecule has 0 radical (unpaired) electrons. The molecule has 1 aliphatic rings. The normalized spacial score (nSPS) is 16.9. The van der Waals surface area contributed by atoms with Crippen LogP contribution in [0, 0.1) is 0 Å². The molecule has 5 nitrogen and oxygen atoms in total. The van der Waals surface area contributed by atoms with Crippen molar-refractivity contribution >= 4 is 27.4 Å². The second-order valence-corrected chi connectivity index (χ2v) is 5.37. The highest BCUT2D eigenvalue weighted by atomic mass is 79.9. The Hall–Kier alpha value is -1.40. The topological polar surface area (TPSA) is 63.8 Å². The molecule has 0 amide bonds. The molecule has 3 rings (SSSR count). The van der Waals surface area contributed by atoms with Crippen molar-refractivity contribution in [3.63, 3.8) is 0 Å². The predicted molar refractivity (Wildman–Crippen MR) is 72.6 cm³/mol. The van der Waals surface area contributed by atoms with Crippen molar-refractivity contribution < 1.29 is 14.6 Å². The smallest absolute Gasteiger partial charge is 0.335 e. The van der Waals surface area contributed by atoms with Gasteiger partial charge in [-0.2, -0.15) is 0 Å². The SMILES string of the molecule is O=C(O)c1ccn2c(C3CCOCC3)nc(Br)c2c1. The van der Waals surface area contributed by atoms with E-state index in [4.69, 9.17) is 9.84 Å². The number of carboxylic acids is 1. The Morgan fingerprint density at radius 3 is 2.89 bits per heavy atom. The van der Waals surface area contributed by atoms with Crippen LogP contribution in [-0.2, 0) is 4.74 Å². The fourth-order valence-corrected chi connectivity index (χ4v) is 2.93. The maximum Gasteiger partial charge on any atom is 0.335 e. The molecule has 2 aromatic rings. The summed E-state index contributed by atoms with van der Waals surface area (Å²) in [5.74, 6) is 0.411. The van der Waals surface area contributed by atoms with Gasteiger partial charge in [0.25, 0.3) is 0 Å². The number of aromatic carboxylic acids is 1. The molecule has 6 heteroatoms. The number of nitrogens with zero attached hydrogens (tertiary/aromatic N) is 2. The van der Waals surface area contributed by atoms with E-state index in [0.717, 1.165) is 37.4 Å². The van der Waals surface area contributed by atoms with E-state index in [1.807, 2.05) is 4.40 Å². The summed E-state index contributed by atoms with van der Waals surface area (Å²) in [6.07, 6.45) is 3.68. The number of carbonyl (C=O) groups is 1. The fraction of sp³-hybridized carbons (Fsp3) is 0.385. The third-order valence-electron chi connectivity index (χ3n) is 3.46. The van der Waals surface area contributed by atoms with E-state index < -0.39 is 5.97 Å². The van der Waals surface area contributed by atoms with Gasteiger partial charge in [-0.15, -0.1) is 0 Å². The number of imidazole rings is 1. The average molecular weight is 325 g/mol. The molecule has 1 saturated heterocycles. The molecule has 3 heterocycles. The number of pyridine rings is 1. The minimum absolute atomic E-state index is 0.270. The van der Waals surface area contributed by atoms with Gasteiger partial charge in [0.2, 0.25) is 0 Å². The molecule has 2 aromatic heterocycles. The lowest BCUT2D eigenvalue weighted by Gasteiger charge is -2.20. The summed E-state index contributed by atoms with van der Waals surface area (Å²) in [4.78, 5) is 15.5. The molecular formula is C13H13BrN2O3. The zero-order valence-corrected chi connectivity index (χ0v) is 11.8. The molecule has 0 spiro atoms. The maximum absolute atomic E-state index is 11.0. The first-order valence-corrected chi connectivity index (χ1v) is 6.94. The van der Waals surface area contributed by atoms with Gasteiger partial charge in [-0.25, -0.2) is 9.78 Å². The molecule has 0 aliphatic carbocycles. The van der Waals surface area contributed by atoms with Crippen molar-refractivity contribution in [2.24, 2.45) is 0 Å². The van der Waals surface area contributed by atoms with Crippen LogP contribution in [0.3, 0.4) is 0 Å². The number of rotatable bonds is 2. The molecule has 100 valence electrons. The Kier molecular flexibility index (Phi) is 3.28. The van der Waals surface area contributed by atoms with Gasteiger partial charge in [0.1, 0.15) is 10.4 Å². The van der Waals surface area contributed by atoms with Crippen LogP contribution in [0.4, 0.5) is 0 Å². The van der Waals surface area contributed by atoms with Crippen LogP contribution in [0.2, 0.25) is 0 Å². The zero-order valence-electron chi connectivity index (χ0n) is 10.2. The summed E-state index contributed by atoms with van der Waals surface area (Å²) < 4.78 is 8.02. The van der Waals surface area contributed by atoms with Gasteiger partial charge in [0, 0.05) is 25.3 Å².